The van der Waals surface area contributed by atoms with E-state index in [-0.39, 0.29) is 22.6 Å². The molecule has 6 heteroatoms. The Hall–Kier alpha value is -1.24. The van der Waals surface area contributed by atoms with Gasteiger partial charge in [-0.25, -0.2) is 8.42 Å². The average Bonchev–Trinajstić information content (AvgIpc) is 3.20. The molecular formula is C16H21NO4S. The van der Waals surface area contributed by atoms with Crippen LogP contribution in [-0.2, 0) is 14.8 Å². The second kappa shape index (κ2) is 6.10. The molecule has 2 aliphatic rings. The van der Waals surface area contributed by atoms with Crippen LogP contribution in [0.4, 0.5) is 0 Å². The lowest BCUT2D eigenvalue weighted by molar-refractivity contribution is 0.101. The zero-order valence-electron chi connectivity index (χ0n) is 12.7. The van der Waals surface area contributed by atoms with Crippen molar-refractivity contribution in [3.63, 3.8) is 0 Å². The van der Waals surface area contributed by atoms with E-state index in [4.69, 9.17) is 4.74 Å². The van der Waals surface area contributed by atoms with E-state index in [0.717, 1.165) is 19.3 Å². The number of ketones is 1. The Morgan fingerprint density at radius 1 is 1.32 bits per heavy atom. The molecule has 5 nitrogen and oxygen atoms in total. The van der Waals surface area contributed by atoms with Crippen molar-refractivity contribution in [1.82, 2.24) is 4.31 Å². The first kappa shape index (κ1) is 15.6. The van der Waals surface area contributed by atoms with Crippen LogP contribution in [0.5, 0.6) is 0 Å². The molecule has 0 amide bonds. The van der Waals surface area contributed by atoms with Gasteiger partial charge in [0, 0.05) is 24.8 Å². The average molecular weight is 323 g/mol. The zero-order chi connectivity index (χ0) is 15.7. The monoisotopic (exact) mass is 323 g/mol. The normalized spacial score (nSPS) is 22.2. The van der Waals surface area contributed by atoms with Crippen LogP contribution in [0.3, 0.4) is 0 Å². The van der Waals surface area contributed by atoms with Crippen LogP contribution >= 0.6 is 0 Å². The third-order valence-corrected chi connectivity index (χ3v) is 6.18. The maximum Gasteiger partial charge on any atom is 0.243 e. The van der Waals surface area contributed by atoms with Gasteiger partial charge < -0.3 is 4.74 Å². The summed E-state index contributed by atoms with van der Waals surface area (Å²) in [5.41, 5.74) is 0.432. The molecule has 1 aromatic carbocycles. The number of hydrogen-bond donors (Lipinski definition) is 0. The van der Waals surface area contributed by atoms with Gasteiger partial charge in [-0.2, -0.15) is 4.31 Å². The van der Waals surface area contributed by atoms with Gasteiger partial charge in [0.15, 0.2) is 5.78 Å². The van der Waals surface area contributed by atoms with Gasteiger partial charge in [0.25, 0.3) is 0 Å². The molecule has 0 aromatic heterocycles. The van der Waals surface area contributed by atoms with Gasteiger partial charge in [-0.3, -0.25) is 4.79 Å². The minimum absolute atomic E-state index is 0.103. The second-order valence-corrected chi connectivity index (χ2v) is 8.01. The molecule has 0 bridgehead atoms. The summed E-state index contributed by atoms with van der Waals surface area (Å²) in [5.74, 6) is 0.144. The molecule has 2 fully saturated rings. The van der Waals surface area contributed by atoms with E-state index in [1.807, 2.05) is 0 Å². The highest BCUT2D eigenvalue weighted by atomic mass is 32.2. The lowest BCUT2D eigenvalue weighted by atomic mass is 10.1. The number of ether oxygens (including phenoxy) is 1. The lowest BCUT2D eigenvalue weighted by Crippen LogP contribution is -2.37. The number of carbonyl (C=O) groups excluding carboxylic acids is 1. The molecule has 1 aromatic rings. The Balaban J connectivity index is 1.88. The molecule has 120 valence electrons. The minimum Gasteiger partial charge on any atom is -0.381 e. The molecule has 0 radical (unpaired) electrons. The van der Waals surface area contributed by atoms with Crippen molar-refractivity contribution in [2.24, 2.45) is 5.92 Å². The number of nitrogens with zero attached hydrogens (tertiary/aromatic N) is 1. The number of sulfonamides is 1. The molecule has 1 aliphatic heterocycles. The molecule has 1 atom stereocenters. The molecule has 0 spiro atoms. The van der Waals surface area contributed by atoms with Crippen molar-refractivity contribution in [1.29, 1.82) is 0 Å². The van der Waals surface area contributed by atoms with E-state index in [2.05, 4.69) is 0 Å². The van der Waals surface area contributed by atoms with Crippen LogP contribution < -0.4 is 0 Å². The van der Waals surface area contributed by atoms with E-state index in [1.165, 1.54) is 13.0 Å². The number of carbonyl (C=O) groups is 1. The van der Waals surface area contributed by atoms with Gasteiger partial charge in [-0.05, 0) is 44.2 Å². The molecule has 1 heterocycles. The van der Waals surface area contributed by atoms with E-state index in [1.54, 1.807) is 22.5 Å². The maximum atomic E-state index is 13.0. The third kappa shape index (κ3) is 3.24. The fraction of sp³-hybridized carbons (Fsp3) is 0.562. The van der Waals surface area contributed by atoms with Crippen molar-refractivity contribution < 1.29 is 17.9 Å². The summed E-state index contributed by atoms with van der Waals surface area (Å²) in [6.07, 6.45) is 2.74. The first-order valence-electron chi connectivity index (χ1n) is 7.69. The van der Waals surface area contributed by atoms with Gasteiger partial charge >= 0.3 is 0 Å². The van der Waals surface area contributed by atoms with Crippen molar-refractivity contribution >= 4 is 15.8 Å². The lowest BCUT2D eigenvalue weighted by Gasteiger charge is -2.24. The molecule has 1 saturated carbocycles. The summed E-state index contributed by atoms with van der Waals surface area (Å²) in [4.78, 5) is 11.7. The van der Waals surface area contributed by atoms with Crippen LogP contribution in [0.1, 0.15) is 36.5 Å². The Morgan fingerprint density at radius 3 is 2.68 bits per heavy atom. The maximum absolute atomic E-state index is 13.0. The van der Waals surface area contributed by atoms with Gasteiger partial charge in [0.2, 0.25) is 10.0 Å². The summed E-state index contributed by atoms with van der Waals surface area (Å²) >= 11 is 0. The smallest absolute Gasteiger partial charge is 0.243 e. The number of rotatable bonds is 6. The summed E-state index contributed by atoms with van der Waals surface area (Å²) in [7, 11) is -3.56. The van der Waals surface area contributed by atoms with Gasteiger partial charge in [-0.15, -0.1) is 0 Å². The van der Waals surface area contributed by atoms with E-state index < -0.39 is 10.0 Å². The summed E-state index contributed by atoms with van der Waals surface area (Å²) in [6.45, 7) is 3.30. The number of benzene rings is 1. The molecule has 0 N–H and O–H groups in total. The predicted molar refractivity (Wildman–Crippen MR) is 82.3 cm³/mol. The van der Waals surface area contributed by atoms with Gasteiger partial charge in [-0.1, -0.05) is 12.1 Å². The number of hydrogen-bond acceptors (Lipinski definition) is 4. The zero-order valence-corrected chi connectivity index (χ0v) is 13.5. The predicted octanol–water partition coefficient (Wildman–Crippen LogP) is 2.08. The third-order valence-electron chi connectivity index (χ3n) is 4.26. The standard InChI is InChI=1S/C16H21NO4S/c1-12(18)14-3-2-4-16(9-14)22(19,20)17(15-5-6-15)10-13-7-8-21-11-13/h2-4,9,13,15H,5-8,10-11H2,1H3/t13-/m1/s1. The molecule has 1 saturated heterocycles. The van der Waals surface area contributed by atoms with E-state index in [0.29, 0.717) is 25.3 Å². The van der Waals surface area contributed by atoms with E-state index in [9.17, 15) is 13.2 Å². The Kier molecular flexibility index (Phi) is 4.34. The highest BCUT2D eigenvalue weighted by Gasteiger charge is 2.39. The van der Waals surface area contributed by atoms with Crippen LogP contribution in [-0.4, -0.2) is 44.3 Å². The van der Waals surface area contributed by atoms with Crippen molar-refractivity contribution in [3.05, 3.63) is 29.8 Å². The number of Topliss-reactive ketones (excluding diaryl/α,β-unsaturated/α-hetero) is 1. The highest BCUT2D eigenvalue weighted by Crippen LogP contribution is 2.34. The molecule has 1 aliphatic carbocycles. The molecule has 3 rings (SSSR count). The SMILES string of the molecule is CC(=O)c1cccc(S(=O)(=O)N(C[C@H]2CCOC2)C2CC2)c1. The van der Waals surface area contributed by atoms with Crippen LogP contribution in [0.2, 0.25) is 0 Å². The van der Waals surface area contributed by atoms with Crippen LogP contribution in [0.15, 0.2) is 29.2 Å². The fourth-order valence-electron chi connectivity index (χ4n) is 2.80. The Morgan fingerprint density at radius 2 is 2.09 bits per heavy atom. The topological polar surface area (TPSA) is 63.7 Å². The molecule has 0 unspecified atom stereocenters. The Labute approximate surface area is 131 Å². The first-order chi connectivity index (χ1) is 10.5. The second-order valence-electron chi connectivity index (χ2n) is 6.12. The molecular weight excluding hydrogens is 302 g/mol. The highest BCUT2D eigenvalue weighted by molar-refractivity contribution is 7.89. The largest absolute Gasteiger partial charge is 0.381 e. The van der Waals surface area contributed by atoms with Crippen molar-refractivity contribution in [2.75, 3.05) is 19.8 Å². The van der Waals surface area contributed by atoms with Crippen LogP contribution in [0.25, 0.3) is 0 Å². The van der Waals surface area contributed by atoms with Gasteiger partial charge in [0.05, 0.1) is 11.5 Å². The van der Waals surface area contributed by atoms with Crippen molar-refractivity contribution in [3.8, 4) is 0 Å². The van der Waals surface area contributed by atoms with Gasteiger partial charge in [0.1, 0.15) is 0 Å². The van der Waals surface area contributed by atoms with E-state index >= 15 is 0 Å². The minimum atomic E-state index is -3.56. The van der Waals surface area contributed by atoms with Crippen LogP contribution in [0, 0.1) is 5.92 Å². The summed E-state index contributed by atoms with van der Waals surface area (Å²) in [6, 6.07) is 6.44. The molecule has 22 heavy (non-hydrogen) atoms. The first-order valence-corrected chi connectivity index (χ1v) is 9.13. The van der Waals surface area contributed by atoms with Crippen molar-refractivity contribution in [2.45, 2.75) is 37.1 Å². The quantitative estimate of drug-likeness (QED) is 0.752. The summed E-state index contributed by atoms with van der Waals surface area (Å²) < 4.78 is 32.9. The summed E-state index contributed by atoms with van der Waals surface area (Å²) in [5, 5.41) is 0. The Bertz CT molecular complexity index is 660. The fourth-order valence-corrected chi connectivity index (χ4v) is 4.61.